The first-order valence-corrected chi connectivity index (χ1v) is 9.72. The van der Waals surface area contributed by atoms with E-state index in [1.165, 1.54) is 18.3 Å². The normalized spacial score (nSPS) is 15.5. The van der Waals surface area contributed by atoms with Crippen molar-refractivity contribution in [1.29, 1.82) is 0 Å². The molecule has 1 amide bonds. The number of halogens is 1. The van der Waals surface area contributed by atoms with Gasteiger partial charge in [-0.15, -0.1) is 0 Å². The van der Waals surface area contributed by atoms with Crippen molar-refractivity contribution < 1.29 is 14.7 Å². The van der Waals surface area contributed by atoms with E-state index < -0.39 is 5.97 Å². The van der Waals surface area contributed by atoms with Crippen LogP contribution >= 0.6 is 11.6 Å². The van der Waals surface area contributed by atoms with E-state index in [1.807, 2.05) is 24.3 Å². The van der Waals surface area contributed by atoms with Gasteiger partial charge in [-0.05, 0) is 29.3 Å². The Balaban J connectivity index is 1.39. The molecule has 1 aliphatic heterocycles. The summed E-state index contributed by atoms with van der Waals surface area (Å²) in [5.41, 5.74) is 4.55. The van der Waals surface area contributed by atoms with Gasteiger partial charge in [0.25, 0.3) is 5.91 Å². The number of aromatic carboxylic acids is 1. The fourth-order valence-corrected chi connectivity index (χ4v) is 3.30. The number of hydrogen-bond donors (Lipinski definition) is 2. The van der Waals surface area contributed by atoms with Gasteiger partial charge in [0.15, 0.2) is 0 Å². The van der Waals surface area contributed by atoms with Gasteiger partial charge < -0.3 is 5.11 Å². The fourth-order valence-electron chi connectivity index (χ4n) is 3.10. The lowest BCUT2D eigenvalue weighted by atomic mass is 10.1. The molecule has 0 bridgehead atoms. The summed E-state index contributed by atoms with van der Waals surface area (Å²) in [6.45, 7) is 4.45. The van der Waals surface area contributed by atoms with Crippen LogP contribution in [0.2, 0.25) is 5.02 Å². The Bertz CT molecular complexity index is 878. The summed E-state index contributed by atoms with van der Waals surface area (Å²) in [4.78, 5) is 27.3. The highest BCUT2D eigenvalue weighted by Gasteiger charge is 2.19. The Morgan fingerprint density at radius 3 is 2.34 bits per heavy atom. The predicted octanol–water partition coefficient (Wildman–Crippen LogP) is 2.31. The van der Waals surface area contributed by atoms with E-state index in [0.717, 1.165) is 43.3 Å². The van der Waals surface area contributed by atoms with Crippen molar-refractivity contribution in [3.63, 3.8) is 0 Å². The number of rotatable bonds is 7. The zero-order valence-corrected chi connectivity index (χ0v) is 16.7. The van der Waals surface area contributed by atoms with Crippen LogP contribution in [0, 0.1) is 0 Å². The van der Waals surface area contributed by atoms with Crippen LogP contribution in [0.3, 0.4) is 0 Å². The molecule has 0 unspecified atom stereocenters. The Labute approximate surface area is 174 Å². The number of nitrogens with one attached hydrogen (secondary N) is 1. The van der Waals surface area contributed by atoms with Crippen LogP contribution in [-0.4, -0.2) is 65.7 Å². The van der Waals surface area contributed by atoms with Crippen molar-refractivity contribution >= 4 is 29.7 Å². The maximum absolute atomic E-state index is 12.1. The highest BCUT2D eigenvalue weighted by Crippen LogP contribution is 2.17. The van der Waals surface area contributed by atoms with Crippen molar-refractivity contribution in [3.05, 3.63) is 70.2 Å². The first-order chi connectivity index (χ1) is 14.0. The number of carbonyl (C=O) groups is 2. The van der Waals surface area contributed by atoms with Crippen molar-refractivity contribution in [3.8, 4) is 0 Å². The highest BCUT2D eigenvalue weighted by atomic mass is 35.5. The lowest BCUT2D eigenvalue weighted by Gasteiger charge is -2.34. The lowest BCUT2D eigenvalue weighted by Crippen LogP contribution is -2.48. The molecule has 152 valence electrons. The molecule has 2 aromatic carbocycles. The van der Waals surface area contributed by atoms with Gasteiger partial charge in [-0.2, -0.15) is 5.10 Å². The first-order valence-electron chi connectivity index (χ1n) is 9.34. The van der Waals surface area contributed by atoms with Crippen LogP contribution in [0.4, 0.5) is 0 Å². The summed E-state index contributed by atoms with van der Waals surface area (Å²) in [6, 6.07) is 14.1. The van der Waals surface area contributed by atoms with Crippen molar-refractivity contribution in [2.75, 3.05) is 32.7 Å². The molecule has 7 nitrogen and oxygen atoms in total. The van der Waals surface area contributed by atoms with Crippen LogP contribution in [0.1, 0.15) is 21.5 Å². The number of amides is 1. The molecule has 1 heterocycles. The van der Waals surface area contributed by atoms with E-state index >= 15 is 0 Å². The molecule has 1 fully saturated rings. The molecule has 2 N–H and O–H groups in total. The second kappa shape index (κ2) is 10.2. The SMILES string of the molecule is O=C(CN1CCN(Cc2ccccc2Cl)CC1)NN=Cc1ccc(C(=O)O)cc1. The summed E-state index contributed by atoms with van der Waals surface area (Å²) in [5, 5.41) is 13.6. The van der Waals surface area contributed by atoms with E-state index in [4.69, 9.17) is 16.7 Å². The molecule has 8 heteroatoms. The number of hydrazone groups is 1. The molecular weight excluding hydrogens is 392 g/mol. The van der Waals surface area contributed by atoms with Gasteiger partial charge in [0.1, 0.15) is 0 Å². The second-order valence-electron chi connectivity index (χ2n) is 6.86. The summed E-state index contributed by atoms with van der Waals surface area (Å²) >= 11 is 6.23. The number of carboxylic acid groups (broad SMARTS) is 1. The molecule has 29 heavy (non-hydrogen) atoms. The topological polar surface area (TPSA) is 85.2 Å². The summed E-state index contributed by atoms with van der Waals surface area (Å²) in [5.74, 6) is -1.16. The molecule has 0 spiro atoms. The maximum atomic E-state index is 12.1. The van der Waals surface area contributed by atoms with Gasteiger partial charge in [-0.1, -0.05) is 41.9 Å². The van der Waals surface area contributed by atoms with Gasteiger partial charge in [0.2, 0.25) is 0 Å². The molecular formula is C21H23ClN4O3. The molecule has 2 aromatic rings. The van der Waals surface area contributed by atoms with Gasteiger partial charge in [-0.25, -0.2) is 10.2 Å². The second-order valence-corrected chi connectivity index (χ2v) is 7.27. The Morgan fingerprint density at radius 1 is 1.03 bits per heavy atom. The Kier molecular flexibility index (Phi) is 7.35. The lowest BCUT2D eigenvalue weighted by molar-refractivity contribution is -0.122. The van der Waals surface area contributed by atoms with Crippen molar-refractivity contribution in [2.24, 2.45) is 5.10 Å². The number of hydrogen-bond acceptors (Lipinski definition) is 5. The predicted molar refractivity (Wildman–Crippen MR) is 112 cm³/mol. The average molecular weight is 415 g/mol. The number of piperazine rings is 1. The zero-order chi connectivity index (χ0) is 20.6. The molecule has 3 rings (SSSR count). The summed E-state index contributed by atoms with van der Waals surface area (Å²) < 4.78 is 0. The average Bonchev–Trinajstić information content (AvgIpc) is 2.71. The number of carboxylic acids is 1. The highest BCUT2D eigenvalue weighted by molar-refractivity contribution is 6.31. The van der Waals surface area contributed by atoms with E-state index in [-0.39, 0.29) is 18.0 Å². The zero-order valence-electron chi connectivity index (χ0n) is 15.9. The van der Waals surface area contributed by atoms with E-state index in [9.17, 15) is 9.59 Å². The van der Waals surface area contributed by atoms with Crippen LogP contribution in [0.25, 0.3) is 0 Å². The Morgan fingerprint density at radius 2 is 1.69 bits per heavy atom. The van der Waals surface area contributed by atoms with Gasteiger partial charge >= 0.3 is 5.97 Å². The van der Waals surface area contributed by atoms with E-state index in [1.54, 1.807) is 12.1 Å². The first kappa shape index (κ1) is 21.0. The minimum atomic E-state index is -0.978. The van der Waals surface area contributed by atoms with Crippen LogP contribution in [0.5, 0.6) is 0 Å². The van der Waals surface area contributed by atoms with Crippen LogP contribution < -0.4 is 5.43 Å². The van der Waals surface area contributed by atoms with Crippen molar-refractivity contribution in [1.82, 2.24) is 15.2 Å². The fraction of sp³-hybridized carbons (Fsp3) is 0.286. The third-order valence-electron chi connectivity index (χ3n) is 4.74. The van der Waals surface area contributed by atoms with Gasteiger partial charge in [0, 0.05) is 37.7 Å². The standard InChI is InChI=1S/C21H23ClN4O3/c22-19-4-2-1-3-18(19)14-25-9-11-26(12-10-25)15-20(27)24-23-13-16-5-7-17(8-6-16)21(28)29/h1-8,13H,9-12,14-15H2,(H,24,27)(H,28,29). The molecule has 1 saturated heterocycles. The maximum Gasteiger partial charge on any atom is 0.335 e. The molecule has 0 aromatic heterocycles. The quantitative estimate of drug-likeness (QED) is 0.536. The molecule has 0 saturated carbocycles. The van der Waals surface area contributed by atoms with Crippen molar-refractivity contribution in [2.45, 2.75) is 6.54 Å². The third-order valence-corrected chi connectivity index (χ3v) is 5.11. The Hall–Kier alpha value is -2.74. The molecule has 0 radical (unpaired) electrons. The minimum absolute atomic E-state index is 0.178. The van der Waals surface area contributed by atoms with E-state index in [0.29, 0.717) is 5.56 Å². The molecule has 0 aliphatic carbocycles. The van der Waals surface area contributed by atoms with Gasteiger partial charge in [-0.3, -0.25) is 14.6 Å². The molecule has 1 aliphatic rings. The number of benzene rings is 2. The number of nitrogens with zero attached hydrogens (tertiary/aromatic N) is 3. The molecule has 0 atom stereocenters. The van der Waals surface area contributed by atoms with Crippen LogP contribution in [0.15, 0.2) is 53.6 Å². The van der Waals surface area contributed by atoms with Gasteiger partial charge in [0.05, 0.1) is 18.3 Å². The van der Waals surface area contributed by atoms with Crippen LogP contribution in [-0.2, 0) is 11.3 Å². The minimum Gasteiger partial charge on any atom is -0.478 e. The van der Waals surface area contributed by atoms with E-state index in [2.05, 4.69) is 20.3 Å². The number of carbonyl (C=O) groups excluding carboxylic acids is 1. The smallest absolute Gasteiger partial charge is 0.335 e. The largest absolute Gasteiger partial charge is 0.478 e. The third kappa shape index (κ3) is 6.39. The summed E-state index contributed by atoms with van der Waals surface area (Å²) in [7, 11) is 0. The summed E-state index contributed by atoms with van der Waals surface area (Å²) in [6.07, 6.45) is 1.49. The monoisotopic (exact) mass is 414 g/mol.